The third kappa shape index (κ3) is 3.34. The summed E-state index contributed by atoms with van der Waals surface area (Å²) in [6, 6.07) is 0.271. The molecule has 2 fully saturated rings. The van der Waals surface area contributed by atoms with E-state index in [1.54, 1.807) is 11.0 Å². The van der Waals surface area contributed by atoms with Crippen molar-refractivity contribution >= 4 is 5.91 Å². The lowest BCUT2D eigenvalue weighted by molar-refractivity contribution is -0.140. The SMILES string of the molecule is Cc1nccn1CCC1CCCCN1C(=O)C1CNNC1n1cnnn1. The molecular formula is C16H25N9O. The van der Waals surface area contributed by atoms with Crippen LogP contribution in [0.5, 0.6) is 0 Å². The Morgan fingerprint density at radius 3 is 3.08 bits per heavy atom. The summed E-state index contributed by atoms with van der Waals surface area (Å²) in [7, 11) is 0. The first-order valence-electron chi connectivity index (χ1n) is 9.23. The summed E-state index contributed by atoms with van der Waals surface area (Å²) in [5.74, 6) is 0.978. The van der Waals surface area contributed by atoms with Gasteiger partial charge >= 0.3 is 0 Å². The Hall–Kier alpha value is -2.33. The van der Waals surface area contributed by atoms with Crippen LogP contribution < -0.4 is 10.9 Å². The molecule has 0 aliphatic carbocycles. The van der Waals surface area contributed by atoms with E-state index in [0.29, 0.717) is 6.54 Å². The minimum Gasteiger partial charge on any atom is -0.339 e. The molecular weight excluding hydrogens is 334 g/mol. The standard InChI is InChI=1S/C16H25N9O/c1-12-17-6-9-23(12)8-5-13-4-2-3-7-24(13)16(26)14-10-18-20-15(14)25-11-19-21-22-25/h6,9,11,13-15,18,20H,2-5,7-8,10H2,1H3. The Kier molecular flexibility index (Phi) is 4.93. The molecule has 2 saturated heterocycles. The number of rotatable bonds is 5. The molecule has 0 bridgehead atoms. The van der Waals surface area contributed by atoms with Crippen molar-refractivity contribution in [2.45, 2.75) is 51.4 Å². The second-order valence-electron chi connectivity index (χ2n) is 7.00. The number of piperidine rings is 1. The molecule has 2 aromatic rings. The molecule has 0 spiro atoms. The smallest absolute Gasteiger partial charge is 0.230 e. The van der Waals surface area contributed by atoms with E-state index in [-0.39, 0.29) is 24.0 Å². The molecule has 2 aromatic heterocycles. The third-order valence-corrected chi connectivity index (χ3v) is 5.46. The van der Waals surface area contributed by atoms with Crippen molar-refractivity contribution in [1.82, 2.24) is 45.5 Å². The zero-order valence-electron chi connectivity index (χ0n) is 15.0. The van der Waals surface area contributed by atoms with E-state index >= 15 is 0 Å². The average Bonchev–Trinajstić information content (AvgIpc) is 3.41. The molecule has 2 aliphatic heterocycles. The molecule has 0 radical (unpaired) electrons. The zero-order valence-corrected chi connectivity index (χ0v) is 15.0. The molecule has 2 N–H and O–H groups in total. The summed E-state index contributed by atoms with van der Waals surface area (Å²) in [6.45, 7) is 4.30. The zero-order chi connectivity index (χ0) is 17.9. The lowest BCUT2D eigenvalue weighted by atomic mass is 9.96. The van der Waals surface area contributed by atoms with E-state index in [1.807, 2.05) is 19.3 Å². The highest BCUT2D eigenvalue weighted by atomic mass is 16.2. The van der Waals surface area contributed by atoms with Crippen LogP contribution in [0.3, 0.4) is 0 Å². The molecule has 10 nitrogen and oxygen atoms in total. The van der Waals surface area contributed by atoms with Crippen LogP contribution in [0.15, 0.2) is 18.7 Å². The maximum absolute atomic E-state index is 13.3. The normalized spacial score (nSPS) is 26.3. The van der Waals surface area contributed by atoms with Gasteiger partial charge in [0.25, 0.3) is 0 Å². The summed E-state index contributed by atoms with van der Waals surface area (Å²) >= 11 is 0. The van der Waals surface area contributed by atoms with Gasteiger partial charge in [0.2, 0.25) is 5.91 Å². The maximum Gasteiger partial charge on any atom is 0.230 e. The van der Waals surface area contributed by atoms with Gasteiger partial charge in [0, 0.05) is 38.1 Å². The van der Waals surface area contributed by atoms with Gasteiger partial charge in [0.15, 0.2) is 0 Å². The second-order valence-corrected chi connectivity index (χ2v) is 7.00. The number of hydrogen-bond donors (Lipinski definition) is 2. The Balaban J connectivity index is 1.45. The van der Waals surface area contributed by atoms with Gasteiger partial charge in [-0.25, -0.2) is 15.1 Å². The molecule has 26 heavy (non-hydrogen) atoms. The highest BCUT2D eigenvalue weighted by molar-refractivity contribution is 5.80. The average molecular weight is 359 g/mol. The van der Waals surface area contributed by atoms with Crippen molar-refractivity contribution in [2.75, 3.05) is 13.1 Å². The van der Waals surface area contributed by atoms with Crippen LogP contribution in [0.4, 0.5) is 0 Å². The second kappa shape index (κ2) is 7.50. The molecule has 3 unspecified atom stereocenters. The van der Waals surface area contributed by atoms with Gasteiger partial charge in [0.1, 0.15) is 18.3 Å². The van der Waals surface area contributed by atoms with E-state index < -0.39 is 0 Å². The monoisotopic (exact) mass is 359 g/mol. The quantitative estimate of drug-likeness (QED) is 0.766. The van der Waals surface area contributed by atoms with Crippen LogP contribution in [-0.4, -0.2) is 59.7 Å². The summed E-state index contributed by atoms with van der Waals surface area (Å²) < 4.78 is 3.76. The van der Waals surface area contributed by atoms with Crippen molar-refractivity contribution in [2.24, 2.45) is 5.92 Å². The van der Waals surface area contributed by atoms with E-state index in [0.717, 1.165) is 38.2 Å². The van der Waals surface area contributed by atoms with Crippen molar-refractivity contribution in [3.8, 4) is 0 Å². The minimum atomic E-state index is -0.254. The van der Waals surface area contributed by atoms with E-state index in [2.05, 4.69) is 40.8 Å². The molecule has 0 aromatic carbocycles. The van der Waals surface area contributed by atoms with Gasteiger partial charge in [-0.15, -0.1) is 5.10 Å². The molecule has 0 saturated carbocycles. The first kappa shape index (κ1) is 17.1. The number of likely N-dealkylation sites (tertiary alicyclic amines) is 1. The first-order chi connectivity index (χ1) is 12.7. The van der Waals surface area contributed by atoms with Crippen LogP contribution in [-0.2, 0) is 11.3 Å². The summed E-state index contributed by atoms with van der Waals surface area (Å²) in [5, 5.41) is 11.3. The van der Waals surface area contributed by atoms with Gasteiger partial charge < -0.3 is 9.47 Å². The Labute approximate surface area is 151 Å². The number of carbonyl (C=O) groups is 1. The van der Waals surface area contributed by atoms with Crippen molar-refractivity contribution in [3.05, 3.63) is 24.5 Å². The molecule has 3 atom stereocenters. The maximum atomic E-state index is 13.3. The van der Waals surface area contributed by atoms with Crippen molar-refractivity contribution in [1.29, 1.82) is 0 Å². The Morgan fingerprint density at radius 2 is 2.31 bits per heavy atom. The number of carbonyl (C=O) groups excluding carboxylic acids is 1. The summed E-state index contributed by atoms with van der Waals surface area (Å²) in [6.07, 6.45) is 9.37. The number of aryl methyl sites for hydroxylation is 2. The number of hydrazine groups is 1. The van der Waals surface area contributed by atoms with Gasteiger partial charge in [0.05, 0.1) is 5.92 Å². The predicted molar refractivity (Wildman–Crippen MR) is 92.4 cm³/mol. The number of imidazole rings is 1. The summed E-state index contributed by atoms with van der Waals surface area (Å²) in [5.41, 5.74) is 6.20. The first-order valence-corrected chi connectivity index (χ1v) is 9.23. The lowest BCUT2D eigenvalue weighted by Gasteiger charge is -2.38. The Morgan fingerprint density at radius 1 is 1.38 bits per heavy atom. The molecule has 140 valence electrons. The van der Waals surface area contributed by atoms with Gasteiger partial charge in [-0.05, 0) is 43.0 Å². The molecule has 2 aliphatic rings. The van der Waals surface area contributed by atoms with Gasteiger partial charge in [-0.1, -0.05) is 0 Å². The fraction of sp³-hybridized carbons (Fsp3) is 0.688. The number of amides is 1. The number of tetrazole rings is 1. The number of nitrogens with zero attached hydrogens (tertiary/aromatic N) is 7. The highest BCUT2D eigenvalue weighted by Gasteiger charge is 2.39. The molecule has 10 heteroatoms. The van der Waals surface area contributed by atoms with Gasteiger partial charge in [-0.3, -0.25) is 10.2 Å². The topological polar surface area (TPSA) is 106 Å². The van der Waals surface area contributed by atoms with E-state index in [1.165, 1.54) is 6.42 Å². The van der Waals surface area contributed by atoms with E-state index in [4.69, 9.17) is 0 Å². The number of hydrogen-bond acceptors (Lipinski definition) is 7. The van der Waals surface area contributed by atoms with Crippen LogP contribution in [0.1, 0.15) is 37.7 Å². The largest absolute Gasteiger partial charge is 0.339 e. The van der Waals surface area contributed by atoms with Crippen molar-refractivity contribution in [3.63, 3.8) is 0 Å². The number of aromatic nitrogens is 6. The fourth-order valence-electron chi connectivity index (χ4n) is 3.99. The van der Waals surface area contributed by atoms with Crippen LogP contribution in [0, 0.1) is 12.8 Å². The molecule has 4 rings (SSSR count). The molecule has 1 amide bonds. The lowest BCUT2D eigenvalue weighted by Crippen LogP contribution is -2.48. The van der Waals surface area contributed by atoms with Crippen LogP contribution in [0.25, 0.3) is 0 Å². The highest BCUT2D eigenvalue weighted by Crippen LogP contribution is 2.26. The van der Waals surface area contributed by atoms with Crippen LogP contribution in [0.2, 0.25) is 0 Å². The summed E-state index contributed by atoms with van der Waals surface area (Å²) in [4.78, 5) is 19.6. The van der Waals surface area contributed by atoms with Crippen LogP contribution >= 0.6 is 0 Å². The Bertz CT molecular complexity index is 728. The predicted octanol–water partition coefficient (Wildman–Crippen LogP) is -0.128. The van der Waals surface area contributed by atoms with Gasteiger partial charge in [-0.2, -0.15) is 0 Å². The number of nitrogens with one attached hydrogen (secondary N) is 2. The van der Waals surface area contributed by atoms with E-state index in [9.17, 15) is 4.79 Å². The third-order valence-electron chi connectivity index (χ3n) is 5.46. The van der Waals surface area contributed by atoms with Crippen molar-refractivity contribution < 1.29 is 4.79 Å². The fourth-order valence-corrected chi connectivity index (χ4v) is 3.99. The minimum absolute atomic E-state index is 0.176. The molecule has 4 heterocycles.